The lowest BCUT2D eigenvalue weighted by Gasteiger charge is -2.23. The number of fused-ring (bicyclic) bond motifs is 1. The Labute approximate surface area is 148 Å². The summed E-state index contributed by atoms with van der Waals surface area (Å²) in [7, 11) is 4.12. The Morgan fingerprint density at radius 1 is 1.44 bits per heavy atom. The van der Waals surface area contributed by atoms with E-state index in [0.29, 0.717) is 23.6 Å². The fourth-order valence-electron chi connectivity index (χ4n) is 3.71. The highest BCUT2D eigenvalue weighted by atomic mass is 16.5. The number of nitrogens with zero attached hydrogens (tertiary/aromatic N) is 2. The molecule has 6 heteroatoms. The molecule has 0 radical (unpaired) electrons. The molecule has 0 saturated heterocycles. The highest BCUT2D eigenvalue weighted by molar-refractivity contribution is 6.00. The van der Waals surface area contributed by atoms with Crippen molar-refractivity contribution < 1.29 is 14.6 Å². The molecule has 1 saturated carbocycles. The van der Waals surface area contributed by atoms with Crippen molar-refractivity contribution in [3.63, 3.8) is 0 Å². The molecule has 25 heavy (non-hydrogen) atoms. The smallest absolute Gasteiger partial charge is 0.337 e. The van der Waals surface area contributed by atoms with E-state index >= 15 is 0 Å². The molecule has 1 aliphatic rings. The van der Waals surface area contributed by atoms with E-state index in [0.717, 1.165) is 31.5 Å². The predicted octanol–water partition coefficient (Wildman–Crippen LogP) is 3.46. The topological polar surface area (TPSA) is 78.4 Å². The number of aromatic amines is 1. The maximum atomic E-state index is 11.4. The van der Waals surface area contributed by atoms with Crippen LogP contribution in [0.2, 0.25) is 0 Å². The summed E-state index contributed by atoms with van der Waals surface area (Å²) in [6.07, 6.45) is 7.31. The Hall–Kier alpha value is -1.92. The fraction of sp³-hybridized carbons (Fsp3) is 0.579. The molecule has 1 atom stereocenters. The van der Waals surface area contributed by atoms with Gasteiger partial charge in [0.1, 0.15) is 6.10 Å². The minimum atomic E-state index is -0.940. The van der Waals surface area contributed by atoms with Gasteiger partial charge < -0.3 is 19.7 Å². The van der Waals surface area contributed by atoms with E-state index in [4.69, 9.17) is 4.74 Å². The van der Waals surface area contributed by atoms with Gasteiger partial charge in [0.25, 0.3) is 0 Å². The minimum Gasteiger partial charge on any atom is -0.478 e. The van der Waals surface area contributed by atoms with Gasteiger partial charge in [-0.3, -0.25) is 4.98 Å². The monoisotopic (exact) mass is 345 g/mol. The summed E-state index contributed by atoms with van der Waals surface area (Å²) >= 11 is 0. The van der Waals surface area contributed by atoms with Gasteiger partial charge in [0.05, 0.1) is 16.6 Å². The molecule has 2 aromatic heterocycles. The molecule has 0 spiro atoms. The lowest BCUT2D eigenvalue weighted by Crippen LogP contribution is -2.18. The van der Waals surface area contributed by atoms with Gasteiger partial charge in [-0.25, -0.2) is 4.79 Å². The Kier molecular flexibility index (Phi) is 5.71. The van der Waals surface area contributed by atoms with Crippen LogP contribution in [0, 0.1) is 5.92 Å². The number of rotatable bonds is 8. The number of nitrogens with one attached hydrogen (secondary N) is 1. The normalized spacial score (nSPS) is 16.8. The van der Waals surface area contributed by atoms with Crippen molar-refractivity contribution in [2.45, 2.75) is 38.2 Å². The van der Waals surface area contributed by atoms with Crippen molar-refractivity contribution in [2.24, 2.45) is 5.92 Å². The second-order valence-corrected chi connectivity index (χ2v) is 7.14. The standard InChI is InChI=1S/C19H27N3O3/c1-22(2)10-5-11-25-18(13-6-3-4-7-13)16-12-15-17(21-16)14(19(23)24)8-9-20-15/h8-9,12-13,18,21H,3-7,10-11H2,1-2H3,(H,23,24). The Morgan fingerprint density at radius 3 is 2.88 bits per heavy atom. The molecule has 2 aromatic rings. The van der Waals surface area contributed by atoms with Crippen LogP contribution in [0.15, 0.2) is 18.3 Å². The van der Waals surface area contributed by atoms with Crippen LogP contribution in [0.1, 0.15) is 54.3 Å². The maximum absolute atomic E-state index is 11.4. The zero-order valence-corrected chi connectivity index (χ0v) is 15.0. The number of ether oxygens (including phenoxy) is 1. The third-order valence-corrected chi connectivity index (χ3v) is 4.95. The summed E-state index contributed by atoms with van der Waals surface area (Å²) in [6.45, 7) is 1.70. The summed E-state index contributed by atoms with van der Waals surface area (Å²) in [6, 6.07) is 3.49. The number of hydrogen-bond donors (Lipinski definition) is 2. The van der Waals surface area contributed by atoms with Crippen LogP contribution in [-0.2, 0) is 4.74 Å². The van der Waals surface area contributed by atoms with Crippen molar-refractivity contribution in [2.75, 3.05) is 27.2 Å². The van der Waals surface area contributed by atoms with E-state index < -0.39 is 5.97 Å². The number of carboxylic acid groups (broad SMARTS) is 1. The SMILES string of the molecule is CN(C)CCCOC(c1cc2nccc(C(=O)O)c2[nH]1)C1CCCC1. The zero-order chi connectivity index (χ0) is 17.8. The van der Waals surface area contributed by atoms with Crippen LogP contribution in [-0.4, -0.2) is 53.2 Å². The van der Waals surface area contributed by atoms with Gasteiger partial charge >= 0.3 is 5.97 Å². The first-order chi connectivity index (χ1) is 12.1. The second-order valence-electron chi connectivity index (χ2n) is 7.14. The number of pyridine rings is 1. The molecule has 0 amide bonds. The molecule has 2 N–H and O–H groups in total. The highest BCUT2D eigenvalue weighted by Crippen LogP contribution is 2.38. The van der Waals surface area contributed by atoms with E-state index in [1.165, 1.54) is 18.9 Å². The van der Waals surface area contributed by atoms with Crippen LogP contribution < -0.4 is 0 Å². The average molecular weight is 345 g/mol. The van der Waals surface area contributed by atoms with Gasteiger partial charge in [-0.1, -0.05) is 12.8 Å². The number of hydrogen-bond acceptors (Lipinski definition) is 4. The van der Waals surface area contributed by atoms with E-state index in [9.17, 15) is 9.90 Å². The van der Waals surface area contributed by atoms with Crippen molar-refractivity contribution in [3.8, 4) is 0 Å². The minimum absolute atomic E-state index is 0.0134. The molecular formula is C19H27N3O3. The Bertz CT molecular complexity index is 720. The van der Waals surface area contributed by atoms with Crippen LogP contribution in [0.4, 0.5) is 0 Å². The van der Waals surface area contributed by atoms with E-state index in [-0.39, 0.29) is 11.7 Å². The summed E-state index contributed by atoms with van der Waals surface area (Å²) in [5.74, 6) is -0.453. The number of carboxylic acids is 1. The van der Waals surface area contributed by atoms with Crippen LogP contribution in [0.5, 0.6) is 0 Å². The molecule has 1 aliphatic carbocycles. The van der Waals surface area contributed by atoms with Gasteiger partial charge in [0.2, 0.25) is 0 Å². The quantitative estimate of drug-likeness (QED) is 0.716. The van der Waals surface area contributed by atoms with Crippen molar-refractivity contribution in [3.05, 3.63) is 29.6 Å². The van der Waals surface area contributed by atoms with Gasteiger partial charge in [0.15, 0.2) is 0 Å². The highest BCUT2D eigenvalue weighted by Gasteiger charge is 2.29. The van der Waals surface area contributed by atoms with Gasteiger partial charge in [0, 0.05) is 18.5 Å². The Morgan fingerprint density at radius 2 is 2.20 bits per heavy atom. The first kappa shape index (κ1) is 17.9. The lowest BCUT2D eigenvalue weighted by molar-refractivity contribution is 0.00675. The third kappa shape index (κ3) is 4.19. The van der Waals surface area contributed by atoms with Crippen molar-refractivity contribution in [1.29, 1.82) is 0 Å². The lowest BCUT2D eigenvalue weighted by atomic mass is 9.98. The second kappa shape index (κ2) is 7.97. The van der Waals surface area contributed by atoms with Crippen LogP contribution in [0.3, 0.4) is 0 Å². The summed E-state index contributed by atoms with van der Waals surface area (Å²) in [5.41, 5.74) is 2.49. The summed E-state index contributed by atoms with van der Waals surface area (Å²) in [5, 5.41) is 9.38. The molecule has 136 valence electrons. The number of aromatic carboxylic acids is 1. The molecule has 0 bridgehead atoms. The molecule has 0 aliphatic heterocycles. The van der Waals surface area contributed by atoms with Crippen LogP contribution >= 0.6 is 0 Å². The van der Waals surface area contributed by atoms with Gasteiger partial charge in [-0.2, -0.15) is 0 Å². The molecule has 0 aromatic carbocycles. The van der Waals surface area contributed by atoms with E-state index in [2.05, 4.69) is 29.0 Å². The molecule has 1 fully saturated rings. The first-order valence-electron chi connectivity index (χ1n) is 9.03. The third-order valence-electron chi connectivity index (χ3n) is 4.95. The molecular weight excluding hydrogens is 318 g/mol. The molecule has 6 nitrogen and oxygen atoms in total. The molecule has 1 unspecified atom stereocenters. The zero-order valence-electron chi connectivity index (χ0n) is 15.0. The summed E-state index contributed by atoms with van der Waals surface area (Å²) < 4.78 is 6.26. The fourth-order valence-corrected chi connectivity index (χ4v) is 3.71. The molecule has 3 rings (SSSR count). The average Bonchev–Trinajstić information content (AvgIpc) is 3.23. The maximum Gasteiger partial charge on any atom is 0.337 e. The molecule has 2 heterocycles. The van der Waals surface area contributed by atoms with E-state index in [1.54, 1.807) is 6.20 Å². The first-order valence-corrected chi connectivity index (χ1v) is 9.03. The Balaban J connectivity index is 1.83. The number of carbonyl (C=O) groups is 1. The predicted molar refractivity (Wildman–Crippen MR) is 96.9 cm³/mol. The van der Waals surface area contributed by atoms with Crippen molar-refractivity contribution >= 4 is 17.0 Å². The van der Waals surface area contributed by atoms with E-state index in [1.807, 2.05) is 6.07 Å². The summed E-state index contributed by atoms with van der Waals surface area (Å²) in [4.78, 5) is 21.2. The largest absolute Gasteiger partial charge is 0.478 e. The van der Waals surface area contributed by atoms with Crippen molar-refractivity contribution in [1.82, 2.24) is 14.9 Å². The van der Waals surface area contributed by atoms with Gasteiger partial charge in [-0.05, 0) is 58.0 Å². The number of H-pyrrole nitrogens is 1. The van der Waals surface area contributed by atoms with Gasteiger partial charge in [-0.15, -0.1) is 0 Å². The number of aromatic nitrogens is 2. The van der Waals surface area contributed by atoms with Crippen LogP contribution in [0.25, 0.3) is 11.0 Å².